The number of hydrogen-bond acceptors (Lipinski definition) is 9. The molecule has 14 nitrogen and oxygen atoms in total. The topological polar surface area (TPSA) is 141 Å². The summed E-state index contributed by atoms with van der Waals surface area (Å²) >= 11 is 5.12. The van der Waals surface area contributed by atoms with Crippen molar-refractivity contribution >= 4 is 181 Å². The average Bonchev–Trinajstić information content (AvgIpc) is 1.72. The Morgan fingerprint density at radius 3 is 1.56 bits per heavy atom. The minimum atomic E-state index is 0.843. The fraction of sp³-hybridized carbons (Fsp3) is 0. The molecule has 0 atom stereocenters. The Kier molecular flexibility index (Phi) is 17.0. The number of para-hydroxylation sites is 3. The molecular weight excluding hydrogens is 1350 g/mol. The van der Waals surface area contributed by atoms with Crippen molar-refractivity contribution in [3.8, 4) is 45.7 Å². The van der Waals surface area contributed by atoms with Crippen molar-refractivity contribution in [2.75, 3.05) is 0 Å². The van der Waals surface area contributed by atoms with E-state index in [4.69, 9.17) is 4.98 Å². The zero-order chi connectivity index (χ0) is 58.5. The summed E-state index contributed by atoms with van der Waals surface area (Å²) in [4.78, 5) is 22.4. The van der Waals surface area contributed by atoms with Crippen molar-refractivity contribution in [3.63, 3.8) is 0 Å². The van der Waals surface area contributed by atoms with Crippen LogP contribution in [0, 0.1) is 0 Å². The predicted octanol–water partition coefficient (Wildman–Crippen LogP) is 11.2. The molecule has 0 N–H and O–H groups in total. The average molecular weight is 1400 g/mol. The summed E-state index contributed by atoms with van der Waals surface area (Å²) in [6.07, 6.45) is 12.8. The van der Waals surface area contributed by atoms with Crippen LogP contribution < -0.4 is 0 Å². The Labute approximate surface area is 545 Å². The fourth-order valence-electron chi connectivity index (χ4n) is 10.8. The molecule has 0 aliphatic rings. The van der Waals surface area contributed by atoms with Crippen LogP contribution in [0.3, 0.4) is 0 Å². The second kappa shape index (κ2) is 25.7. The van der Waals surface area contributed by atoms with Crippen molar-refractivity contribution < 1.29 is 0 Å². The number of nitrogens with zero attached hydrogens (tertiary/aromatic N) is 14. The molecule has 0 fully saturated rings. The summed E-state index contributed by atoms with van der Waals surface area (Å²) in [5.74, 6) is 0.843. The molecule has 17 rings (SSSR count). The molecule has 17 aromatic rings. The first kappa shape index (κ1) is 56.8. The van der Waals surface area contributed by atoms with Gasteiger partial charge in [0.15, 0.2) is 0 Å². The number of aromatic nitrogens is 14. The van der Waals surface area contributed by atoms with Crippen LogP contribution in [0.25, 0.3) is 133 Å². The Hall–Kier alpha value is -8.33. The molecule has 0 unspecified atom stereocenters. The van der Waals surface area contributed by atoms with Gasteiger partial charge in [0.25, 0.3) is 0 Å². The van der Waals surface area contributed by atoms with E-state index >= 15 is 0 Å². The van der Waals surface area contributed by atoms with Gasteiger partial charge in [-0.25, -0.2) is 0 Å². The third-order valence-electron chi connectivity index (χ3n) is 15.0. The minimum absolute atomic E-state index is 0.843. The summed E-state index contributed by atoms with van der Waals surface area (Å²) in [6.45, 7) is 0. The molecule has 7 aromatic carbocycles. The molecule has 10 heterocycles. The van der Waals surface area contributed by atoms with Crippen LogP contribution in [0.1, 0.15) is 0 Å². The van der Waals surface area contributed by atoms with E-state index < -0.39 is 0 Å². The second-order valence-electron chi connectivity index (χ2n) is 20.2. The van der Waals surface area contributed by atoms with Crippen LogP contribution in [0.5, 0.6) is 0 Å². The van der Waals surface area contributed by atoms with Gasteiger partial charge in [0.05, 0.1) is 0 Å². The summed E-state index contributed by atoms with van der Waals surface area (Å²) in [6, 6.07) is 75.6. The van der Waals surface area contributed by atoms with E-state index in [1.165, 1.54) is 92.7 Å². The second-order valence-corrected chi connectivity index (χ2v) is 26.8. The van der Waals surface area contributed by atoms with Crippen molar-refractivity contribution in [3.05, 3.63) is 262 Å². The molecule has 401 valence electrons. The van der Waals surface area contributed by atoms with Gasteiger partial charge in [-0.05, 0) is 0 Å². The van der Waals surface area contributed by atoms with Gasteiger partial charge in [0.1, 0.15) is 0 Å². The Balaban J connectivity index is 0.000000102. The molecule has 0 spiro atoms. The third-order valence-corrected chi connectivity index (χ3v) is 21.2. The van der Waals surface area contributed by atoms with Crippen LogP contribution in [0.4, 0.5) is 0 Å². The van der Waals surface area contributed by atoms with Crippen molar-refractivity contribution in [1.29, 1.82) is 0 Å². The fourth-order valence-corrected chi connectivity index (χ4v) is 15.5. The van der Waals surface area contributed by atoms with E-state index in [1.807, 2.05) is 67.7 Å². The molecular formula is C67H48Ga5N14. The van der Waals surface area contributed by atoms with E-state index in [-0.39, 0.29) is 0 Å². The van der Waals surface area contributed by atoms with Gasteiger partial charge in [-0.1, -0.05) is 0 Å². The third kappa shape index (κ3) is 11.6. The monoisotopic (exact) mass is 1390 g/mol. The van der Waals surface area contributed by atoms with Gasteiger partial charge < -0.3 is 0 Å². The molecule has 0 saturated heterocycles. The van der Waals surface area contributed by atoms with Crippen molar-refractivity contribution in [2.45, 2.75) is 0 Å². The molecule has 10 aromatic heterocycles. The zero-order valence-corrected chi connectivity index (χ0v) is 61.5. The quantitative estimate of drug-likeness (QED) is 0.124. The Morgan fingerprint density at radius 1 is 0.326 bits per heavy atom. The SMILES string of the molecule is [GaH][n]1c(-c2cc3ccccc3cn2)cc2ccccc21.[GaH][n]1c(-c2nccc3ccccc23)cc2ccccc21.[GaH][n]1c2ccccc2c2ccc3c4ccccc4cnc3c21.[GaH][n]1cnnc1-c1ccccn1.[GaH][n]1nncc1-c1ccccn1. The molecule has 0 aliphatic heterocycles. The van der Waals surface area contributed by atoms with Gasteiger partial charge in [-0.15, -0.1) is 0 Å². The number of hydrogen-bond donors (Lipinski definition) is 0. The molecule has 0 saturated carbocycles. The first-order valence-corrected chi connectivity index (χ1v) is 34.2. The molecule has 19 heteroatoms. The number of rotatable bonds is 4. The van der Waals surface area contributed by atoms with E-state index in [0.29, 0.717) is 0 Å². The van der Waals surface area contributed by atoms with E-state index in [1.54, 1.807) is 24.9 Å². The first-order chi connectivity index (χ1) is 42.3. The molecule has 0 bridgehead atoms. The summed E-state index contributed by atoms with van der Waals surface area (Å²) in [5, 5.41) is 29.2. The van der Waals surface area contributed by atoms with Gasteiger partial charge in [0, 0.05) is 0 Å². The maximum atomic E-state index is 4.79. The summed E-state index contributed by atoms with van der Waals surface area (Å²) in [5.41, 5.74) is 13.6. The predicted molar refractivity (Wildman–Crippen MR) is 357 cm³/mol. The zero-order valence-electron chi connectivity index (χ0n) is 46.6. The van der Waals surface area contributed by atoms with Gasteiger partial charge >= 0.3 is 551 Å². The van der Waals surface area contributed by atoms with Gasteiger partial charge in [-0.2, -0.15) is 0 Å². The molecule has 86 heavy (non-hydrogen) atoms. The van der Waals surface area contributed by atoms with Crippen molar-refractivity contribution in [2.24, 2.45) is 0 Å². The van der Waals surface area contributed by atoms with E-state index in [0.717, 1.165) is 134 Å². The molecule has 0 amide bonds. The summed E-state index contributed by atoms with van der Waals surface area (Å²) < 4.78 is 10.8. The normalized spacial score (nSPS) is 11.0. The van der Waals surface area contributed by atoms with Crippen LogP contribution in [-0.2, 0) is 0 Å². The van der Waals surface area contributed by atoms with Crippen LogP contribution in [0.2, 0.25) is 0 Å². The number of pyridine rings is 5. The van der Waals surface area contributed by atoms with Crippen molar-refractivity contribution in [1.82, 2.24) is 61.9 Å². The van der Waals surface area contributed by atoms with Gasteiger partial charge in [0.2, 0.25) is 0 Å². The number of benzene rings is 7. The van der Waals surface area contributed by atoms with E-state index in [2.05, 4.69) is 226 Å². The Bertz CT molecular complexity index is 5150. The molecule has 5 radical (unpaired) electrons. The van der Waals surface area contributed by atoms with Crippen LogP contribution in [-0.4, -0.2) is 156 Å². The maximum absolute atomic E-state index is 4.79. The summed E-state index contributed by atoms with van der Waals surface area (Å²) in [7, 11) is 0. The molecule has 0 aliphatic carbocycles. The van der Waals surface area contributed by atoms with E-state index in [9.17, 15) is 0 Å². The standard InChI is InChI=1S/C19H11N2.2C17H11N2.2C7H5N4.5Ga.5H/c1-2-6-13-12(5-1)11-20-18-15(13)9-10-16-14-7-3-4-8-17(14)21-19(16)18;1-3-7-14-12(5-1)9-10-18-17(14)16-11-13-6-2-4-8-15(13)19-16;1-2-7-14-11-18-16(9-12(14)5-1)17-10-13-6-3-4-8-15(13)19-17;1-2-4-8-6(3-1)7-9-5-10-11-7;1-2-4-8-6(3-1)7-5-9-11-10-7;;;;;;;;;;/h1-11H;2*1-11H;2*1-5H;;;;;;;;;;/q5*-1;5*+1;;;;;. The van der Waals surface area contributed by atoms with Gasteiger partial charge in [-0.3, -0.25) is 0 Å². The van der Waals surface area contributed by atoms with Crippen LogP contribution in [0.15, 0.2) is 262 Å². The number of fused-ring (bicyclic) bond motifs is 11. The first-order valence-electron chi connectivity index (χ1n) is 27.5. The Morgan fingerprint density at radius 2 is 0.895 bits per heavy atom. The van der Waals surface area contributed by atoms with Crippen LogP contribution >= 0.6 is 0 Å².